The van der Waals surface area contributed by atoms with Crippen LogP contribution in [0, 0.1) is 32.8 Å². The molecule has 3 saturated carbocycles. The smallest absolute Gasteiger partial charge is 0.407 e. The van der Waals surface area contributed by atoms with E-state index in [1.54, 1.807) is 6.92 Å². The van der Waals surface area contributed by atoms with Crippen LogP contribution in [0.1, 0.15) is 52.4 Å². The summed E-state index contributed by atoms with van der Waals surface area (Å²) in [5.41, 5.74) is -6.86. The maximum absolute atomic E-state index is 17.2. The Morgan fingerprint density at radius 2 is 1.84 bits per heavy atom. The molecule has 0 aromatic heterocycles. The highest BCUT2D eigenvalue weighted by Crippen LogP contribution is 2.69. The van der Waals surface area contributed by atoms with Gasteiger partial charge in [-0.25, -0.2) is 9.18 Å². The van der Waals surface area contributed by atoms with Crippen LogP contribution in [0.2, 0.25) is 0 Å². The van der Waals surface area contributed by atoms with Gasteiger partial charge in [-0.1, -0.05) is 18.6 Å². The Bertz CT molecular complexity index is 1240. The molecule has 0 saturated heterocycles. The molecule has 8 atom stereocenters. The maximum atomic E-state index is 17.2. The molecule has 4 aliphatic carbocycles. The number of aliphatic hydroxyl groups excluding tert-OH is 2. The Morgan fingerprint density at radius 1 is 1.14 bits per heavy atom. The number of nitrogens with one attached hydrogen (secondary N) is 1. The van der Waals surface area contributed by atoms with Crippen LogP contribution in [-0.4, -0.2) is 93.9 Å². The Labute approximate surface area is 246 Å². The lowest BCUT2D eigenvalue weighted by atomic mass is 9.44. The van der Waals surface area contributed by atoms with Crippen LogP contribution in [-0.2, 0) is 28.7 Å². The lowest BCUT2D eigenvalue weighted by molar-refractivity contribution is -0.757. The van der Waals surface area contributed by atoms with Gasteiger partial charge < -0.3 is 34.9 Å². The molecule has 4 N–H and O–H groups in total. The SMILES string of the molecule is C[C@]12C=CC(=O)C=C1CC[C@H]1[C@@H]3C[C@@H](O)[C@](O)(C(=O)COC(=O)CNC(=O)OCCCCO[N+](=O)[O-])[C@@]3(C)C[C@H](O)[C@@]12F. The first-order valence-electron chi connectivity index (χ1n) is 14.2. The molecule has 4 aliphatic rings. The van der Waals surface area contributed by atoms with Gasteiger partial charge in [-0.05, 0) is 63.5 Å². The summed E-state index contributed by atoms with van der Waals surface area (Å²) >= 11 is 0. The van der Waals surface area contributed by atoms with Gasteiger partial charge in [0.05, 0.1) is 25.4 Å². The van der Waals surface area contributed by atoms with Crippen molar-refractivity contribution >= 4 is 23.6 Å². The molecule has 238 valence electrons. The Balaban J connectivity index is 1.36. The number of amides is 1. The van der Waals surface area contributed by atoms with Crippen LogP contribution in [0.25, 0.3) is 0 Å². The lowest BCUT2D eigenvalue weighted by Gasteiger charge is -2.62. The summed E-state index contributed by atoms with van der Waals surface area (Å²) in [6.07, 6.45) is 0.538. The Morgan fingerprint density at radius 3 is 2.53 bits per heavy atom. The highest BCUT2D eigenvalue weighted by molar-refractivity contribution is 6.01. The van der Waals surface area contributed by atoms with Crippen LogP contribution in [0.3, 0.4) is 0 Å². The van der Waals surface area contributed by atoms with E-state index in [0.717, 1.165) is 0 Å². The van der Waals surface area contributed by atoms with Gasteiger partial charge >= 0.3 is 12.1 Å². The van der Waals surface area contributed by atoms with Crippen molar-refractivity contribution < 1.29 is 58.3 Å². The minimum Gasteiger partial charge on any atom is -0.456 e. The number of hydrogen-bond donors (Lipinski definition) is 4. The molecule has 1 amide bonds. The zero-order chi connectivity index (χ0) is 31.8. The summed E-state index contributed by atoms with van der Waals surface area (Å²) in [4.78, 5) is 63.4. The fourth-order valence-electron chi connectivity index (χ4n) is 7.74. The summed E-state index contributed by atoms with van der Waals surface area (Å²) < 4.78 is 26.9. The normalized spacial score (nSPS) is 37.7. The molecule has 0 heterocycles. The van der Waals surface area contributed by atoms with Crippen molar-refractivity contribution in [3.8, 4) is 0 Å². The molecule has 0 spiro atoms. The number of fused-ring (bicyclic) bond motifs is 5. The predicted molar refractivity (Wildman–Crippen MR) is 142 cm³/mol. The molecule has 0 radical (unpaired) electrons. The minimum atomic E-state index is -2.46. The van der Waals surface area contributed by atoms with E-state index in [2.05, 4.69) is 10.2 Å². The van der Waals surface area contributed by atoms with Crippen molar-refractivity contribution in [2.45, 2.75) is 75.9 Å². The van der Waals surface area contributed by atoms with E-state index in [0.29, 0.717) is 12.0 Å². The number of esters is 1. The Hall–Kier alpha value is -3.43. The van der Waals surface area contributed by atoms with E-state index in [9.17, 15) is 44.6 Å². The standard InChI is InChI=1S/C28H37FN2O12/c1-25-8-7-17(32)11-16(25)5-6-18-19-12-20(33)28(38,26(19,2)13-21(34)27(18,25)29)22(35)15-42-23(36)14-30-24(37)41-9-3-4-10-43-31(39)40/h7-8,11,18-21,33-34,38H,3-6,9-10,12-15H2,1-2H3,(H,30,37)/t18-,19-,20+,21-,25-,26-,27-,28-/m0/s1. The number of alkyl carbamates (subject to hydrolysis) is 1. The van der Waals surface area contributed by atoms with Gasteiger partial charge in [-0.15, -0.1) is 10.1 Å². The zero-order valence-corrected chi connectivity index (χ0v) is 24.0. The minimum absolute atomic E-state index is 0.0940. The Kier molecular flexibility index (Phi) is 9.01. The number of carbonyl (C=O) groups is 4. The highest BCUT2D eigenvalue weighted by atomic mass is 19.1. The molecule has 0 bridgehead atoms. The second kappa shape index (κ2) is 11.9. The molecule has 0 aromatic carbocycles. The largest absolute Gasteiger partial charge is 0.456 e. The maximum Gasteiger partial charge on any atom is 0.407 e. The number of alkyl halides is 1. The van der Waals surface area contributed by atoms with Crippen molar-refractivity contribution in [2.75, 3.05) is 26.4 Å². The summed E-state index contributed by atoms with van der Waals surface area (Å²) in [5.74, 6) is -3.89. The van der Waals surface area contributed by atoms with Gasteiger partial charge in [0.15, 0.2) is 23.7 Å². The second-order valence-corrected chi connectivity index (χ2v) is 12.1. The summed E-state index contributed by atoms with van der Waals surface area (Å²) in [7, 11) is 0. The second-order valence-electron chi connectivity index (χ2n) is 12.1. The number of ether oxygens (including phenoxy) is 2. The van der Waals surface area contributed by atoms with Crippen molar-refractivity contribution in [2.24, 2.45) is 22.7 Å². The number of ketones is 2. The van der Waals surface area contributed by atoms with Crippen molar-refractivity contribution in [3.63, 3.8) is 0 Å². The first-order valence-corrected chi connectivity index (χ1v) is 14.2. The topological polar surface area (TPSA) is 212 Å². The average Bonchev–Trinajstić information content (AvgIpc) is 3.14. The molecule has 43 heavy (non-hydrogen) atoms. The molecular formula is C28H37FN2O12. The number of nitrogens with zero attached hydrogens (tertiary/aromatic N) is 1. The number of rotatable bonds is 11. The third kappa shape index (κ3) is 5.42. The van der Waals surface area contributed by atoms with Gasteiger partial charge in [0, 0.05) is 16.7 Å². The monoisotopic (exact) mass is 612 g/mol. The quantitative estimate of drug-likeness (QED) is 0.111. The van der Waals surface area contributed by atoms with Crippen molar-refractivity contribution in [1.29, 1.82) is 0 Å². The number of carbonyl (C=O) groups excluding carboxylic acids is 4. The average molecular weight is 613 g/mol. The molecule has 14 nitrogen and oxygen atoms in total. The number of unbranched alkanes of at least 4 members (excludes halogenated alkanes) is 1. The van der Waals surface area contributed by atoms with Gasteiger partial charge in [0.1, 0.15) is 6.54 Å². The van der Waals surface area contributed by atoms with E-state index in [-0.39, 0.29) is 51.1 Å². The van der Waals surface area contributed by atoms with Crippen molar-refractivity contribution in [3.05, 3.63) is 33.9 Å². The molecule has 0 aliphatic heterocycles. The van der Waals surface area contributed by atoms with Gasteiger partial charge in [0.2, 0.25) is 5.78 Å². The van der Waals surface area contributed by atoms with E-state index < -0.39 is 82.2 Å². The van der Waals surface area contributed by atoms with E-state index in [4.69, 9.17) is 9.47 Å². The highest BCUT2D eigenvalue weighted by Gasteiger charge is 2.76. The number of hydrogen-bond acceptors (Lipinski definition) is 12. The summed E-state index contributed by atoms with van der Waals surface area (Å²) in [6.45, 7) is 1.27. The van der Waals surface area contributed by atoms with Crippen molar-refractivity contribution in [1.82, 2.24) is 5.32 Å². The first-order chi connectivity index (χ1) is 20.1. The number of halogens is 1. The lowest BCUT2D eigenvalue weighted by Crippen LogP contribution is -2.69. The van der Waals surface area contributed by atoms with Crippen LogP contribution in [0.4, 0.5) is 9.18 Å². The van der Waals surface area contributed by atoms with Crippen LogP contribution >= 0.6 is 0 Å². The first kappa shape index (κ1) is 32.5. The van der Waals surface area contributed by atoms with Crippen LogP contribution in [0.5, 0.6) is 0 Å². The summed E-state index contributed by atoms with van der Waals surface area (Å²) in [6, 6.07) is 0. The predicted octanol–water partition coefficient (Wildman–Crippen LogP) is 0.886. The third-order valence-corrected chi connectivity index (χ3v) is 10.00. The molecule has 0 aromatic rings. The number of Topliss-reactive ketones (excluding diaryl/α,β-unsaturated/α-hetero) is 1. The van der Waals surface area contributed by atoms with Crippen LogP contribution in [0.15, 0.2) is 23.8 Å². The molecule has 3 fully saturated rings. The molecule has 0 unspecified atom stereocenters. The van der Waals surface area contributed by atoms with E-state index in [1.165, 1.54) is 25.2 Å². The van der Waals surface area contributed by atoms with E-state index >= 15 is 4.39 Å². The third-order valence-electron chi connectivity index (χ3n) is 10.00. The molecular weight excluding hydrogens is 575 g/mol. The zero-order valence-electron chi connectivity index (χ0n) is 24.0. The summed E-state index contributed by atoms with van der Waals surface area (Å²) in [5, 5.41) is 45.3. The van der Waals surface area contributed by atoms with Gasteiger partial charge in [0.25, 0.3) is 5.09 Å². The number of aliphatic hydroxyl groups is 3. The van der Waals surface area contributed by atoms with Crippen LogP contribution < -0.4 is 5.32 Å². The number of allylic oxidation sites excluding steroid dienone is 4. The van der Waals surface area contributed by atoms with E-state index in [1.807, 2.05) is 0 Å². The fourth-order valence-corrected chi connectivity index (χ4v) is 7.74. The fraction of sp³-hybridized carbons (Fsp3) is 0.714. The van der Waals surface area contributed by atoms with Gasteiger partial charge in [-0.3, -0.25) is 14.4 Å². The molecule has 4 rings (SSSR count). The van der Waals surface area contributed by atoms with Gasteiger partial charge in [-0.2, -0.15) is 0 Å². The molecule has 15 heteroatoms.